The van der Waals surface area contributed by atoms with E-state index in [0.717, 1.165) is 43.5 Å². The van der Waals surface area contributed by atoms with Crippen LogP contribution in [-0.4, -0.2) is 37.8 Å². The topological polar surface area (TPSA) is 54.5 Å². The summed E-state index contributed by atoms with van der Waals surface area (Å²) in [5.41, 5.74) is -3.92. The van der Waals surface area contributed by atoms with Crippen LogP contribution in [0.3, 0.4) is 0 Å². The Morgan fingerprint density at radius 2 is 1.54 bits per heavy atom. The van der Waals surface area contributed by atoms with Crippen molar-refractivity contribution in [2.75, 3.05) is 13.1 Å². The van der Waals surface area contributed by atoms with Gasteiger partial charge < -0.3 is 4.90 Å². The number of carbonyl (C=O) groups excluding carboxylic acids is 1. The van der Waals surface area contributed by atoms with Gasteiger partial charge in [-0.3, -0.25) is 4.79 Å². The number of piperidine rings is 1. The van der Waals surface area contributed by atoms with Crippen LogP contribution < -0.4 is 0 Å². The Labute approximate surface area is 161 Å². The molecule has 4 nitrogen and oxygen atoms in total. The fourth-order valence-electron chi connectivity index (χ4n) is 3.38. The van der Waals surface area contributed by atoms with Crippen molar-refractivity contribution in [2.45, 2.75) is 29.7 Å². The Hall–Kier alpha value is -2.35. The monoisotopic (exact) mass is 411 g/mol. The zero-order chi connectivity index (χ0) is 20.4. The summed E-state index contributed by atoms with van der Waals surface area (Å²) >= 11 is 0. The number of amides is 1. The molecule has 8 heteroatoms. The molecule has 2 aromatic carbocycles. The summed E-state index contributed by atoms with van der Waals surface area (Å²) in [7, 11) is -5.41. The first kappa shape index (κ1) is 20.4. The average Bonchev–Trinajstić information content (AvgIpc) is 2.68. The number of halogens is 3. The van der Waals surface area contributed by atoms with Crippen LogP contribution in [0.1, 0.15) is 28.8 Å². The molecule has 0 radical (unpaired) electrons. The van der Waals surface area contributed by atoms with Crippen LogP contribution >= 0.6 is 0 Å². The first-order chi connectivity index (χ1) is 13.2. The maximum Gasteiger partial charge on any atom is 0.501 e. The minimum absolute atomic E-state index is 0.183. The Kier molecular flexibility index (Phi) is 5.79. The first-order valence-electron chi connectivity index (χ1n) is 8.93. The van der Waals surface area contributed by atoms with E-state index in [4.69, 9.17) is 0 Å². The van der Waals surface area contributed by atoms with Crippen LogP contribution in [0.5, 0.6) is 0 Å². The van der Waals surface area contributed by atoms with Crippen molar-refractivity contribution in [2.24, 2.45) is 5.92 Å². The molecule has 0 aliphatic carbocycles. The zero-order valence-electron chi connectivity index (χ0n) is 15.0. The van der Waals surface area contributed by atoms with Crippen molar-refractivity contribution in [3.05, 3.63) is 65.7 Å². The van der Waals surface area contributed by atoms with E-state index < -0.39 is 20.2 Å². The predicted molar refractivity (Wildman–Crippen MR) is 98.5 cm³/mol. The van der Waals surface area contributed by atoms with Gasteiger partial charge >= 0.3 is 5.51 Å². The molecular formula is C20H20F3NO3S. The van der Waals surface area contributed by atoms with E-state index in [-0.39, 0.29) is 11.5 Å². The molecule has 150 valence electrons. The highest BCUT2D eigenvalue weighted by Crippen LogP contribution is 2.30. The van der Waals surface area contributed by atoms with Crippen LogP contribution in [0, 0.1) is 5.92 Å². The van der Waals surface area contributed by atoms with Crippen LogP contribution in [0.2, 0.25) is 0 Å². The molecule has 2 aromatic rings. The third-order valence-electron chi connectivity index (χ3n) is 4.99. The van der Waals surface area contributed by atoms with Gasteiger partial charge in [-0.2, -0.15) is 13.2 Å². The molecule has 0 saturated carbocycles. The number of hydrogen-bond donors (Lipinski definition) is 0. The second kappa shape index (κ2) is 7.95. The number of nitrogens with zero attached hydrogens (tertiary/aromatic N) is 1. The van der Waals surface area contributed by atoms with E-state index in [1.807, 2.05) is 18.2 Å². The van der Waals surface area contributed by atoms with Gasteiger partial charge in [0.1, 0.15) is 0 Å². The van der Waals surface area contributed by atoms with Crippen LogP contribution in [-0.2, 0) is 16.3 Å². The highest BCUT2D eigenvalue weighted by atomic mass is 32.2. The highest BCUT2D eigenvalue weighted by molar-refractivity contribution is 7.92. The summed E-state index contributed by atoms with van der Waals surface area (Å²) in [4.78, 5) is 13.4. The van der Waals surface area contributed by atoms with Gasteiger partial charge in [0.2, 0.25) is 0 Å². The molecule has 1 saturated heterocycles. The molecule has 1 aliphatic heterocycles. The van der Waals surface area contributed by atoms with Gasteiger partial charge in [-0.15, -0.1) is 0 Å². The summed E-state index contributed by atoms with van der Waals surface area (Å²) in [5.74, 6) is 0.180. The van der Waals surface area contributed by atoms with Crippen molar-refractivity contribution in [1.82, 2.24) is 4.90 Å². The first-order valence-corrected chi connectivity index (χ1v) is 10.4. The van der Waals surface area contributed by atoms with Gasteiger partial charge in [-0.05, 0) is 55.0 Å². The van der Waals surface area contributed by atoms with E-state index in [0.29, 0.717) is 19.0 Å². The number of carbonyl (C=O) groups is 1. The van der Waals surface area contributed by atoms with Gasteiger partial charge in [-0.25, -0.2) is 8.42 Å². The lowest BCUT2D eigenvalue weighted by atomic mass is 9.90. The normalized spacial score (nSPS) is 16.2. The van der Waals surface area contributed by atoms with E-state index in [9.17, 15) is 26.4 Å². The molecule has 0 atom stereocenters. The number of rotatable bonds is 4. The number of benzene rings is 2. The SMILES string of the molecule is O=C(c1ccc(S(=O)(=O)C(F)(F)F)cc1)N1CCC(Cc2ccccc2)CC1. The lowest BCUT2D eigenvalue weighted by Crippen LogP contribution is -2.38. The van der Waals surface area contributed by atoms with Crippen molar-refractivity contribution < 1.29 is 26.4 Å². The second-order valence-corrected chi connectivity index (χ2v) is 8.84. The molecular weight excluding hydrogens is 391 g/mol. The average molecular weight is 411 g/mol. The van der Waals surface area contributed by atoms with Gasteiger partial charge in [0.05, 0.1) is 4.90 Å². The number of likely N-dealkylation sites (tertiary alicyclic amines) is 1. The number of sulfone groups is 1. The van der Waals surface area contributed by atoms with Gasteiger partial charge in [0, 0.05) is 18.7 Å². The molecule has 28 heavy (non-hydrogen) atoms. The fourth-order valence-corrected chi connectivity index (χ4v) is 4.14. The van der Waals surface area contributed by atoms with Crippen molar-refractivity contribution >= 4 is 15.7 Å². The second-order valence-electron chi connectivity index (χ2n) is 6.90. The molecule has 0 unspecified atom stereocenters. The summed E-state index contributed by atoms with van der Waals surface area (Å²) in [6, 6.07) is 14.1. The Balaban J connectivity index is 1.61. The molecule has 1 fully saturated rings. The highest BCUT2D eigenvalue weighted by Gasteiger charge is 2.46. The van der Waals surface area contributed by atoms with Gasteiger partial charge in [0.15, 0.2) is 0 Å². The van der Waals surface area contributed by atoms with Crippen molar-refractivity contribution in [1.29, 1.82) is 0 Å². The predicted octanol–water partition coefficient (Wildman–Crippen LogP) is 4.08. The number of alkyl halides is 3. The minimum atomic E-state index is -5.41. The van der Waals surface area contributed by atoms with Gasteiger partial charge in [-0.1, -0.05) is 30.3 Å². The van der Waals surface area contributed by atoms with E-state index in [2.05, 4.69) is 12.1 Å². The lowest BCUT2D eigenvalue weighted by Gasteiger charge is -2.32. The molecule has 1 heterocycles. The molecule has 0 N–H and O–H groups in total. The summed E-state index contributed by atoms with van der Waals surface area (Å²) in [5, 5.41) is 0. The lowest BCUT2D eigenvalue weighted by molar-refractivity contribution is -0.0436. The van der Waals surface area contributed by atoms with E-state index in [1.165, 1.54) is 5.56 Å². The smallest absolute Gasteiger partial charge is 0.339 e. The largest absolute Gasteiger partial charge is 0.501 e. The fraction of sp³-hybridized carbons (Fsp3) is 0.350. The summed E-state index contributed by atoms with van der Waals surface area (Å²) in [6.07, 6.45) is 2.65. The minimum Gasteiger partial charge on any atom is -0.339 e. The van der Waals surface area contributed by atoms with Gasteiger partial charge in [0.25, 0.3) is 15.7 Å². The maximum atomic E-state index is 12.6. The molecule has 0 spiro atoms. The van der Waals surface area contributed by atoms with E-state index >= 15 is 0 Å². The third-order valence-corrected chi connectivity index (χ3v) is 6.49. The maximum absolute atomic E-state index is 12.6. The third kappa shape index (κ3) is 4.38. The zero-order valence-corrected chi connectivity index (χ0v) is 15.8. The molecule has 3 rings (SSSR count). The summed E-state index contributed by atoms with van der Waals surface area (Å²) in [6.45, 7) is 1.14. The van der Waals surface area contributed by atoms with Crippen LogP contribution in [0.25, 0.3) is 0 Å². The Morgan fingerprint density at radius 1 is 0.964 bits per heavy atom. The van der Waals surface area contributed by atoms with Crippen molar-refractivity contribution in [3.63, 3.8) is 0 Å². The number of hydrogen-bond acceptors (Lipinski definition) is 3. The van der Waals surface area contributed by atoms with Crippen LogP contribution in [0.4, 0.5) is 13.2 Å². The Bertz CT molecular complexity index is 917. The Morgan fingerprint density at radius 3 is 2.07 bits per heavy atom. The molecule has 1 amide bonds. The molecule has 0 aromatic heterocycles. The van der Waals surface area contributed by atoms with Crippen LogP contribution in [0.15, 0.2) is 59.5 Å². The summed E-state index contributed by atoms with van der Waals surface area (Å²) < 4.78 is 60.6. The standard InChI is InChI=1S/C20H20F3NO3S/c21-20(22,23)28(26,27)18-8-6-17(7-9-18)19(25)24-12-10-16(11-13-24)14-15-4-2-1-3-5-15/h1-9,16H,10-14H2. The van der Waals surface area contributed by atoms with E-state index in [1.54, 1.807) is 4.90 Å². The quantitative estimate of drug-likeness (QED) is 0.762. The molecule has 0 bridgehead atoms. The molecule has 1 aliphatic rings. The van der Waals surface area contributed by atoms with Crippen molar-refractivity contribution in [3.8, 4) is 0 Å².